The molecule has 0 spiro atoms. The van der Waals surface area contributed by atoms with Gasteiger partial charge in [0.1, 0.15) is 0 Å². The lowest BCUT2D eigenvalue weighted by molar-refractivity contribution is -0.162. The van der Waals surface area contributed by atoms with Crippen molar-refractivity contribution in [2.45, 2.75) is 57.2 Å². The molecule has 1 saturated heterocycles. The number of likely N-dealkylation sites (tertiary alicyclic amines) is 1. The molecule has 3 atom stereocenters. The monoisotopic (exact) mass is 432 g/mol. The van der Waals surface area contributed by atoms with E-state index in [9.17, 15) is 9.90 Å². The van der Waals surface area contributed by atoms with Crippen LogP contribution in [0, 0.1) is 17.8 Å². The van der Waals surface area contributed by atoms with Crippen molar-refractivity contribution in [2.24, 2.45) is 17.8 Å². The number of aliphatic hydroxyl groups is 1. The number of carbonyl (C=O) groups is 1. The summed E-state index contributed by atoms with van der Waals surface area (Å²) in [5.74, 6) is 1.02. The summed E-state index contributed by atoms with van der Waals surface area (Å²) in [6, 6.07) is 20.6. The number of rotatable bonds is 7. The molecule has 3 aliphatic rings. The third-order valence-corrected chi connectivity index (χ3v) is 8.17. The summed E-state index contributed by atoms with van der Waals surface area (Å²) in [6.45, 7) is 5.80. The summed E-state index contributed by atoms with van der Waals surface area (Å²) in [6.07, 6.45) is 5.26. The maximum absolute atomic E-state index is 14.0. The fourth-order valence-electron chi connectivity index (χ4n) is 6.47. The fourth-order valence-corrected chi connectivity index (χ4v) is 6.47. The molecule has 1 N–H and O–H groups in total. The zero-order valence-electron chi connectivity index (χ0n) is 19.2. The number of nitrogens with zero attached hydrogens (tertiary/aromatic N) is 2. The highest BCUT2D eigenvalue weighted by Gasteiger charge is 2.61. The molecule has 2 saturated carbocycles. The second-order valence-corrected chi connectivity index (χ2v) is 10.1. The van der Waals surface area contributed by atoms with E-state index in [1.54, 1.807) is 0 Å². The molecule has 3 fully saturated rings. The summed E-state index contributed by atoms with van der Waals surface area (Å²) in [5, 5.41) is 12.1. The normalized spacial score (nSPS) is 27.5. The van der Waals surface area contributed by atoms with Crippen LogP contribution in [0.15, 0.2) is 60.7 Å². The van der Waals surface area contributed by atoms with Gasteiger partial charge in [-0.05, 0) is 42.7 Å². The fraction of sp³-hybridized carbons (Fsp3) is 0.536. The topological polar surface area (TPSA) is 43.8 Å². The molecule has 32 heavy (non-hydrogen) atoms. The van der Waals surface area contributed by atoms with E-state index >= 15 is 0 Å². The van der Waals surface area contributed by atoms with E-state index in [4.69, 9.17) is 0 Å². The van der Waals surface area contributed by atoms with Crippen LogP contribution >= 0.6 is 0 Å². The number of benzene rings is 2. The summed E-state index contributed by atoms with van der Waals surface area (Å²) in [5.41, 5.74) is 0.717. The van der Waals surface area contributed by atoms with Crippen molar-refractivity contribution in [3.8, 4) is 0 Å². The number of hydrogen-bond acceptors (Lipinski definition) is 3. The average molecular weight is 433 g/mol. The van der Waals surface area contributed by atoms with Crippen LogP contribution < -0.4 is 0 Å². The highest BCUT2D eigenvalue weighted by atomic mass is 16.3. The minimum Gasteiger partial charge on any atom is -0.375 e. The summed E-state index contributed by atoms with van der Waals surface area (Å²) in [4.78, 5) is 18.6. The highest BCUT2D eigenvalue weighted by Crippen LogP contribution is 2.51. The van der Waals surface area contributed by atoms with Crippen molar-refractivity contribution in [2.75, 3.05) is 19.6 Å². The summed E-state index contributed by atoms with van der Waals surface area (Å²) < 4.78 is 0. The Balaban J connectivity index is 1.32. The zero-order chi connectivity index (χ0) is 22.1. The van der Waals surface area contributed by atoms with Gasteiger partial charge in [0, 0.05) is 38.1 Å². The smallest absolute Gasteiger partial charge is 0.259 e. The number of piperidine rings is 1. The molecule has 0 bridgehead atoms. The Hall–Kier alpha value is -2.17. The lowest BCUT2D eigenvalue weighted by Gasteiger charge is -2.41. The van der Waals surface area contributed by atoms with E-state index in [0.29, 0.717) is 18.4 Å². The Morgan fingerprint density at radius 2 is 1.56 bits per heavy atom. The largest absolute Gasteiger partial charge is 0.375 e. The summed E-state index contributed by atoms with van der Waals surface area (Å²) in [7, 11) is 0. The summed E-state index contributed by atoms with van der Waals surface area (Å²) >= 11 is 0. The van der Waals surface area contributed by atoms with Gasteiger partial charge < -0.3 is 10.0 Å². The van der Waals surface area contributed by atoms with Crippen molar-refractivity contribution in [1.82, 2.24) is 9.80 Å². The molecule has 3 unspecified atom stereocenters. The molecule has 2 aromatic carbocycles. The predicted octanol–water partition coefficient (Wildman–Crippen LogP) is 4.43. The second-order valence-electron chi connectivity index (χ2n) is 10.1. The SMILES string of the molecule is CCN(C(=O)C(O)(c1ccccc1)C1CCCCC1)C1C2CN(Cc3ccccc3)CC21. The van der Waals surface area contributed by atoms with Crippen molar-refractivity contribution < 1.29 is 9.90 Å². The van der Waals surface area contributed by atoms with Gasteiger partial charge in [-0.1, -0.05) is 79.9 Å². The first-order chi connectivity index (χ1) is 15.6. The molecule has 2 aromatic rings. The Bertz CT molecular complexity index is 900. The molecule has 4 nitrogen and oxygen atoms in total. The number of amides is 1. The molecule has 5 rings (SSSR count). The van der Waals surface area contributed by atoms with Gasteiger partial charge in [-0.3, -0.25) is 9.69 Å². The van der Waals surface area contributed by atoms with E-state index in [1.165, 1.54) is 12.0 Å². The molecular weight excluding hydrogens is 396 g/mol. The first-order valence-corrected chi connectivity index (χ1v) is 12.5. The second kappa shape index (κ2) is 8.99. The number of likely N-dealkylation sites (N-methyl/N-ethyl adjacent to an activating group) is 1. The van der Waals surface area contributed by atoms with Crippen LogP contribution in [-0.2, 0) is 16.9 Å². The quantitative estimate of drug-likeness (QED) is 0.704. The van der Waals surface area contributed by atoms with Crippen LogP contribution in [-0.4, -0.2) is 46.5 Å². The van der Waals surface area contributed by atoms with Gasteiger partial charge in [0.05, 0.1) is 0 Å². The van der Waals surface area contributed by atoms with Crippen LogP contribution in [0.3, 0.4) is 0 Å². The van der Waals surface area contributed by atoms with Crippen molar-refractivity contribution >= 4 is 5.91 Å². The minimum atomic E-state index is -1.40. The third kappa shape index (κ3) is 3.88. The molecule has 1 amide bonds. The zero-order valence-corrected chi connectivity index (χ0v) is 19.2. The van der Waals surface area contributed by atoms with E-state index in [-0.39, 0.29) is 17.9 Å². The third-order valence-electron chi connectivity index (χ3n) is 8.17. The van der Waals surface area contributed by atoms with E-state index in [2.05, 4.69) is 42.2 Å². The van der Waals surface area contributed by atoms with Gasteiger partial charge in [-0.25, -0.2) is 0 Å². The number of fused-ring (bicyclic) bond motifs is 1. The number of hydrogen-bond donors (Lipinski definition) is 1. The van der Waals surface area contributed by atoms with Crippen molar-refractivity contribution in [1.29, 1.82) is 0 Å². The van der Waals surface area contributed by atoms with Crippen LogP contribution in [0.5, 0.6) is 0 Å². The molecule has 1 aliphatic heterocycles. The van der Waals surface area contributed by atoms with E-state index < -0.39 is 5.60 Å². The standard InChI is InChI=1S/C28H36N2O2/c1-2-30(26-24-19-29(20-25(24)26)18-21-12-6-3-7-13-21)27(31)28(32,22-14-8-4-9-15-22)23-16-10-5-11-17-23/h3-4,6-9,12-15,23-26,32H,2,5,10-11,16-20H2,1H3. The lowest BCUT2D eigenvalue weighted by atomic mass is 9.72. The van der Waals surface area contributed by atoms with Gasteiger partial charge in [0.2, 0.25) is 0 Å². The minimum absolute atomic E-state index is 0.00775. The highest BCUT2D eigenvalue weighted by molar-refractivity contribution is 5.87. The molecule has 170 valence electrons. The van der Waals surface area contributed by atoms with E-state index in [0.717, 1.165) is 50.9 Å². The Kier molecular flexibility index (Phi) is 6.09. The molecule has 1 heterocycles. The number of carbonyl (C=O) groups excluding carboxylic acids is 1. The molecule has 0 aromatic heterocycles. The van der Waals surface area contributed by atoms with Gasteiger partial charge >= 0.3 is 0 Å². The van der Waals surface area contributed by atoms with Crippen LogP contribution in [0.2, 0.25) is 0 Å². The first-order valence-electron chi connectivity index (χ1n) is 12.5. The van der Waals surface area contributed by atoms with Crippen LogP contribution in [0.1, 0.15) is 50.2 Å². The maximum Gasteiger partial charge on any atom is 0.259 e. The molecule has 4 heteroatoms. The maximum atomic E-state index is 14.0. The van der Waals surface area contributed by atoms with Gasteiger partial charge in [0.15, 0.2) is 5.60 Å². The van der Waals surface area contributed by atoms with Crippen LogP contribution in [0.25, 0.3) is 0 Å². The predicted molar refractivity (Wildman–Crippen MR) is 127 cm³/mol. The van der Waals surface area contributed by atoms with Crippen LogP contribution in [0.4, 0.5) is 0 Å². The van der Waals surface area contributed by atoms with Gasteiger partial charge in [-0.2, -0.15) is 0 Å². The molecule has 0 radical (unpaired) electrons. The Morgan fingerprint density at radius 3 is 2.16 bits per heavy atom. The van der Waals surface area contributed by atoms with E-state index in [1.807, 2.05) is 35.2 Å². The van der Waals surface area contributed by atoms with Gasteiger partial charge in [0.25, 0.3) is 5.91 Å². The molecular formula is C28H36N2O2. The van der Waals surface area contributed by atoms with Crippen molar-refractivity contribution in [3.63, 3.8) is 0 Å². The molecule has 2 aliphatic carbocycles. The van der Waals surface area contributed by atoms with Gasteiger partial charge in [-0.15, -0.1) is 0 Å². The first kappa shape index (κ1) is 21.7. The lowest BCUT2D eigenvalue weighted by Crippen LogP contribution is -2.53. The Labute approximate surface area is 192 Å². The van der Waals surface area contributed by atoms with Crippen molar-refractivity contribution in [3.05, 3.63) is 71.8 Å². The average Bonchev–Trinajstić information content (AvgIpc) is 3.32. The Morgan fingerprint density at radius 1 is 0.969 bits per heavy atom.